The molecule has 0 aliphatic carbocycles. The van der Waals surface area contributed by atoms with Crippen molar-refractivity contribution in [3.8, 4) is 11.1 Å². The van der Waals surface area contributed by atoms with E-state index < -0.39 is 5.82 Å². The number of carbonyl (C=O) groups is 1. The number of amides is 1. The lowest BCUT2D eigenvalue weighted by Crippen LogP contribution is -2.28. The highest BCUT2D eigenvalue weighted by Gasteiger charge is 2.15. The molecular weight excluding hydrogens is 358 g/mol. The van der Waals surface area contributed by atoms with Gasteiger partial charge < -0.3 is 10.6 Å². The molecule has 0 atom stereocenters. The highest BCUT2D eigenvalue weighted by atomic mass is 35.5. The van der Waals surface area contributed by atoms with Crippen molar-refractivity contribution < 1.29 is 13.6 Å². The monoisotopic (exact) mass is 380 g/mol. The van der Waals surface area contributed by atoms with Crippen molar-refractivity contribution in [1.29, 1.82) is 0 Å². The van der Waals surface area contributed by atoms with Gasteiger partial charge in [-0.05, 0) is 74.2 Å². The van der Waals surface area contributed by atoms with E-state index >= 15 is 0 Å². The molecule has 1 aliphatic rings. The maximum absolute atomic E-state index is 13.6. The van der Waals surface area contributed by atoms with Gasteiger partial charge in [0.05, 0.1) is 0 Å². The van der Waals surface area contributed by atoms with Gasteiger partial charge in [0, 0.05) is 17.7 Å². The third kappa shape index (κ3) is 5.51. The van der Waals surface area contributed by atoms with Crippen molar-refractivity contribution >= 4 is 24.0 Å². The van der Waals surface area contributed by atoms with Crippen molar-refractivity contribution in [2.24, 2.45) is 5.92 Å². The van der Waals surface area contributed by atoms with Gasteiger partial charge in [-0.3, -0.25) is 4.79 Å². The van der Waals surface area contributed by atoms with Crippen LogP contribution in [0.3, 0.4) is 0 Å². The van der Waals surface area contributed by atoms with Crippen LogP contribution in [-0.2, 0) is 4.79 Å². The first-order valence-electron chi connectivity index (χ1n) is 8.68. The lowest BCUT2D eigenvalue weighted by molar-refractivity contribution is -0.116. The Morgan fingerprint density at radius 3 is 2.38 bits per heavy atom. The third-order valence-corrected chi connectivity index (χ3v) is 4.65. The molecule has 2 aromatic carbocycles. The number of anilines is 1. The first-order valence-corrected chi connectivity index (χ1v) is 8.68. The van der Waals surface area contributed by atoms with Crippen LogP contribution in [0.1, 0.15) is 25.7 Å². The summed E-state index contributed by atoms with van der Waals surface area (Å²) in [6.07, 6.45) is 3.51. The Balaban J connectivity index is 0.00000243. The van der Waals surface area contributed by atoms with Gasteiger partial charge in [-0.2, -0.15) is 0 Å². The molecule has 0 radical (unpaired) electrons. The molecule has 2 N–H and O–H groups in total. The summed E-state index contributed by atoms with van der Waals surface area (Å²) in [5.41, 5.74) is 1.76. The van der Waals surface area contributed by atoms with Crippen LogP contribution in [0.25, 0.3) is 11.1 Å². The van der Waals surface area contributed by atoms with Crippen LogP contribution < -0.4 is 10.6 Å². The van der Waals surface area contributed by atoms with E-state index in [1.165, 1.54) is 24.3 Å². The first kappa shape index (κ1) is 20.3. The Hall–Kier alpha value is -1.98. The standard InChI is InChI=1S/C20H22F2N2O.ClH/c21-16-4-2-15(3-5-16)18-13-17(22)6-7-19(18)24-20(25)8-1-14-9-11-23-12-10-14;/h2-7,13-14,23H,1,8-12H2,(H,24,25);1H. The second-order valence-corrected chi connectivity index (χ2v) is 6.48. The molecular formula is C20H23ClF2N2O. The van der Waals surface area contributed by atoms with E-state index in [0.717, 1.165) is 32.4 Å². The summed E-state index contributed by atoms with van der Waals surface area (Å²) in [5, 5.41) is 6.19. The second kappa shape index (κ2) is 9.64. The van der Waals surface area contributed by atoms with Gasteiger partial charge in [0.25, 0.3) is 0 Å². The van der Waals surface area contributed by atoms with Gasteiger partial charge in [-0.1, -0.05) is 12.1 Å². The number of carbonyl (C=O) groups excluding carboxylic acids is 1. The summed E-state index contributed by atoms with van der Waals surface area (Å²) in [4.78, 5) is 12.3. The number of hydrogen-bond donors (Lipinski definition) is 2. The van der Waals surface area contributed by atoms with Crippen LogP contribution >= 0.6 is 12.4 Å². The Morgan fingerprint density at radius 1 is 1.04 bits per heavy atom. The van der Waals surface area contributed by atoms with E-state index in [9.17, 15) is 13.6 Å². The van der Waals surface area contributed by atoms with Gasteiger partial charge in [-0.15, -0.1) is 12.4 Å². The van der Waals surface area contributed by atoms with Crippen LogP contribution in [0.4, 0.5) is 14.5 Å². The first-order chi connectivity index (χ1) is 12.1. The summed E-state index contributed by atoms with van der Waals surface area (Å²) in [6.45, 7) is 2.03. The number of rotatable bonds is 5. The Bertz CT molecular complexity index is 731. The number of piperidine rings is 1. The maximum Gasteiger partial charge on any atom is 0.224 e. The van der Waals surface area contributed by atoms with E-state index in [0.29, 0.717) is 29.2 Å². The predicted molar refractivity (Wildman–Crippen MR) is 102 cm³/mol. The van der Waals surface area contributed by atoms with Crippen LogP contribution in [0, 0.1) is 17.6 Å². The molecule has 1 aliphatic heterocycles. The number of nitrogens with one attached hydrogen (secondary N) is 2. The zero-order valence-corrected chi connectivity index (χ0v) is 15.3. The van der Waals surface area contributed by atoms with Crippen molar-refractivity contribution in [1.82, 2.24) is 5.32 Å². The molecule has 1 fully saturated rings. The summed E-state index contributed by atoms with van der Waals surface area (Å²) in [6, 6.07) is 10.0. The quantitative estimate of drug-likeness (QED) is 0.784. The molecule has 6 heteroatoms. The van der Waals surface area contributed by atoms with Gasteiger partial charge >= 0.3 is 0 Å². The average Bonchev–Trinajstić information content (AvgIpc) is 2.63. The Kier molecular flexibility index (Phi) is 7.54. The summed E-state index contributed by atoms with van der Waals surface area (Å²) in [5.74, 6) is -0.245. The third-order valence-electron chi connectivity index (χ3n) is 4.65. The Morgan fingerprint density at radius 2 is 1.69 bits per heavy atom. The molecule has 1 amide bonds. The second-order valence-electron chi connectivity index (χ2n) is 6.48. The molecule has 26 heavy (non-hydrogen) atoms. The molecule has 3 nitrogen and oxygen atoms in total. The molecule has 140 valence electrons. The molecule has 0 saturated carbocycles. The molecule has 1 heterocycles. The fraction of sp³-hybridized carbons (Fsp3) is 0.350. The molecule has 0 bridgehead atoms. The van der Waals surface area contributed by atoms with E-state index in [4.69, 9.17) is 0 Å². The Labute approximate surface area is 158 Å². The zero-order chi connectivity index (χ0) is 17.6. The van der Waals surface area contributed by atoms with Crippen LogP contribution in [0.5, 0.6) is 0 Å². The summed E-state index contributed by atoms with van der Waals surface area (Å²) in [7, 11) is 0. The minimum atomic E-state index is -0.396. The van der Waals surface area contributed by atoms with E-state index in [-0.39, 0.29) is 24.1 Å². The van der Waals surface area contributed by atoms with Crippen LogP contribution in [-0.4, -0.2) is 19.0 Å². The minimum absolute atomic E-state index is 0. The highest BCUT2D eigenvalue weighted by molar-refractivity contribution is 5.95. The van der Waals surface area contributed by atoms with Gasteiger partial charge in [0.15, 0.2) is 0 Å². The van der Waals surface area contributed by atoms with Crippen molar-refractivity contribution in [2.75, 3.05) is 18.4 Å². The minimum Gasteiger partial charge on any atom is -0.326 e. The van der Waals surface area contributed by atoms with Crippen molar-refractivity contribution in [3.05, 3.63) is 54.1 Å². The zero-order valence-electron chi connectivity index (χ0n) is 14.4. The molecule has 0 unspecified atom stereocenters. The lowest BCUT2D eigenvalue weighted by Gasteiger charge is -2.22. The highest BCUT2D eigenvalue weighted by Crippen LogP contribution is 2.29. The van der Waals surface area contributed by atoms with Gasteiger partial charge in [0.1, 0.15) is 11.6 Å². The molecule has 1 saturated heterocycles. The van der Waals surface area contributed by atoms with Gasteiger partial charge in [-0.25, -0.2) is 8.78 Å². The topological polar surface area (TPSA) is 41.1 Å². The van der Waals surface area contributed by atoms with Crippen molar-refractivity contribution in [2.45, 2.75) is 25.7 Å². The smallest absolute Gasteiger partial charge is 0.224 e. The molecule has 0 spiro atoms. The molecule has 0 aromatic heterocycles. The number of benzene rings is 2. The molecule has 3 rings (SSSR count). The van der Waals surface area contributed by atoms with Crippen LogP contribution in [0.15, 0.2) is 42.5 Å². The van der Waals surface area contributed by atoms with E-state index in [1.54, 1.807) is 18.2 Å². The summed E-state index contributed by atoms with van der Waals surface area (Å²) < 4.78 is 26.8. The fourth-order valence-corrected chi connectivity index (χ4v) is 3.21. The van der Waals surface area contributed by atoms with Gasteiger partial charge in [0.2, 0.25) is 5.91 Å². The predicted octanol–water partition coefficient (Wildman–Crippen LogP) is 4.77. The normalized spacial score (nSPS) is 14.5. The van der Waals surface area contributed by atoms with Crippen LogP contribution in [0.2, 0.25) is 0 Å². The summed E-state index contributed by atoms with van der Waals surface area (Å²) >= 11 is 0. The van der Waals surface area contributed by atoms with E-state index in [1.807, 2.05) is 0 Å². The maximum atomic E-state index is 13.6. The number of halogens is 3. The SMILES string of the molecule is Cl.O=C(CCC1CCNCC1)Nc1ccc(F)cc1-c1ccc(F)cc1. The average molecular weight is 381 g/mol. The lowest BCUT2D eigenvalue weighted by atomic mass is 9.93. The largest absolute Gasteiger partial charge is 0.326 e. The van der Waals surface area contributed by atoms with E-state index in [2.05, 4.69) is 10.6 Å². The fourth-order valence-electron chi connectivity index (χ4n) is 3.21. The molecule has 2 aromatic rings. The van der Waals surface area contributed by atoms with Crippen molar-refractivity contribution in [3.63, 3.8) is 0 Å². The number of hydrogen-bond acceptors (Lipinski definition) is 2.